The molecular formula is C18H28N4S. The topological polar surface area (TPSA) is 39.7 Å². The molecule has 0 aromatic carbocycles. The maximum Gasteiger partial charge on any atom is 0.192 e. The minimum absolute atomic E-state index is 0.365. The Bertz CT molecular complexity index is 510. The Hall–Kier alpha value is -1.51. The summed E-state index contributed by atoms with van der Waals surface area (Å²) in [4.78, 5) is 8.75. The van der Waals surface area contributed by atoms with E-state index < -0.39 is 0 Å². The molecule has 0 bridgehead atoms. The summed E-state index contributed by atoms with van der Waals surface area (Å²) in [5.74, 6) is 4.24. The van der Waals surface area contributed by atoms with Gasteiger partial charge in [-0.1, -0.05) is 18.9 Å². The van der Waals surface area contributed by atoms with E-state index in [1.54, 1.807) is 0 Å². The zero-order valence-corrected chi connectivity index (χ0v) is 15.0. The molecule has 1 atom stereocenters. The Morgan fingerprint density at radius 3 is 2.87 bits per heavy atom. The van der Waals surface area contributed by atoms with E-state index in [0.717, 1.165) is 38.1 Å². The Balaban J connectivity index is 2.06. The highest BCUT2D eigenvalue weighted by Crippen LogP contribution is 2.29. The van der Waals surface area contributed by atoms with Crippen molar-refractivity contribution in [2.75, 3.05) is 32.7 Å². The quantitative estimate of drug-likeness (QED) is 0.478. The maximum absolute atomic E-state index is 5.33. The van der Waals surface area contributed by atoms with Crippen LogP contribution in [0, 0.1) is 18.3 Å². The number of thiophene rings is 1. The molecule has 0 radical (unpaired) electrons. The summed E-state index contributed by atoms with van der Waals surface area (Å²) in [5, 5.41) is 8.58. The summed E-state index contributed by atoms with van der Waals surface area (Å²) in [7, 11) is 0. The van der Waals surface area contributed by atoms with E-state index in [-0.39, 0.29) is 0 Å². The lowest BCUT2D eigenvalue weighted by Crippen LogP contribution is -2.40. The number of piperidine rings is 1. The number of nitrogens with zero attached hydrogens (tertiary/aromatic N) is 2. The molecule has 126 valence electrons. The summed E-state index contributed by atoms with van der Waals surface area (Å²) in [6.07, 6.45) is 7.89. The van der Waals surface area contributed by atoms with Crippen LogP contribution >= 0.6 is 11.3 Å². The number of terminal acetylenes is 1. The SMILES string of the molecule is C#CCNC(=NCC(c1cccs1)N1CCC(C)CC1)NCC. The first-order valence-electron chi connectivity index (χ1n) is 8.47. The molecule has 1 aliphatic heterocycles. The summed E-state index contributed by atoms with van der Waals surface area (Å²) >= 11 is 1.82. The third-order valence-corrected chi connectivity index (χ3v) is 5.23. The molecule has 0 amide bonds. The molecule has 0 aliphatic carbocycles. The van der Waals surface area contributed by atoms with Gasteiger partial charge in [0.1, 0.15) is 0 Å². The lowest BCUT2D eigenvalue weighted by Gasteiger charge is -2.35. The van der Waals surface area contributed by atoms with Crippen molar-refractivity contribution in [3.05, 3.63) is 22.4 Å². The van der Waals surface area contributed by atoms with Crippen molar-refractivity contribution in [3.63, 3.8) is 0 Å². The third kappa shape index (κ3) is 5.56. The largest absolute Gasteiger partial charge is 0.357 e. The first kappa shape index (κ1) is 17.8. The van der Waals surface area contributed by atoms with Crippen molar-refractivity contribution >= 4 is 17.3 Å². The number of guanidine groups is 1. The van der Waals surface area contributed by atoms with Gasteiger partial charge in [-0.2, -0.15) is 0 Å². The Kier molecular flexibility index (Phi) is 7.44. The van der Waals surface area contributed by atoms with Crippen LogP contribution in [-0.4, -0.2) is 43.6 Å². The average molecular weight is 333 g/mol. The molecule has 0 saturated carbocycles. The first-order chi connectivity index (χ1) is 11.2. The van der Waals surface area contributed by atoms with Crippen LogP contribution in [0.3, 0.4) is 0 Å². The molecule has 0 spiro atoms. The van der Waals surface area contributed by atoms with Crippen LogP contribution in [0.25, 0.3) is 0 Å². The second-order valence-corrected chi connectivity index (χ2v) is 7.01. The van der Waals surface area contributed by atoms with E-state index in [1.807, 2.05) is 11.3 Å². The van der Waals surface area contributed by atoms with Crippen molar-refractivity contribution in [2.45, 2.75) is 32.7 Å². The van der Waals surface area contributed by atoms with Gasteiger partial charge in [0.05, 0.1) is 19.1 Å². The maximum atomic E-state index is 5.33. The Labute approximate surface area is 144 Å². The van der Waals surface area contributed by atoms with Gasteiger partial charge in [-0.3, -0.25) is 9.89 Å². The minimum Gasteiger partial charge on any atom is -0.357 e. The van der Waals surface area contributed by atoms with Crippen LogP contribution < -0.4 is 10.6 Å². The fourth-order valence-electron chi connectivity index (χ4n) is 2.86. The predicted octanol–water partition coefficient (Wildman–Crippen LogP) is 2.71. The zero-order chi connectivity index (χ0) is 16.5. The van der Waals surface area contributed by atoms with Crippen LogP contribution in [0.15, 0.2) is 22.5 Å². The Morgan fingerprint density at radius 2 is 2.26 bits per heavy atom. The standard InChI is InChI=1S/C18H28N4S/c1-4-10-20-18(19-5-2)21-14-16(17-7-6-13-23-17)22-11-8-15(3)9-12-22/h1,6-7,13,15-16H,5,8-12,14H2,2-3H3,(H2,19,20,21). The molecule has 1 unspecified atom stereocenters. The van der Waals surface area contributed by atoms with Crippen LogP contribution in [0.4, 0.5) is 0 Å². The summed E-state index contributed by atoms with van der Waals surface area (Å²) in [5.41, 5.74) is 0. The first-order valence-corrected chi connectivity index (χ1v) is 9.35. The van der Waals surface area contributed by atoms with E-state index in [1.165, 1.54) is 17.7 Å². The lowest BCUT2D eigenvalue weighted by atomic mass is 9.97. The fraction of sp³-hybridized carbons (Fsp3) is 0.611. The van der Waals surface area contributed by atoms with Gasteiger partial charge in [0.2, 0.25) is 0 Å². The van der Waals surface area contributed by atoms with Crippen LogP contribution in [-0.2, 0) is 0 Å². The van der Waals surface area contributed by atoms with Gasteiger partial charge < -0.3 is 10.6 Å². The summed E-state index contributed by atoms with van der Waals surface area (Å²) in [6.45, 7) is 8.83. The van der Waals surface area contributed by atoms with E-state index in [4.69, 9.17) is 11.4 Å². The molecular weight excluding hydrogens is 304 g/mol. The monoisotopic (exact) mass is 332 g/mol. The molecule has 1 saturated heterocycles. The molecule has 2 rings (SSSR count). The molecule has 5 heteroatoms. The highest BCUT2D eigenvalue weighted by Gasteiger charge is 2.25. The number of nitrogens with one attached hydrogen (secondary N) is 2. The Morgan fingerprint density at radius 1 is 1.48 bits per heavy atom. The van der Waals surface area contributed by atoms with Gasteiger partial charge in [0.15, 0.2) is 5.96 Å². The van der Waals surface area contributed by atoms with Crippen molar-refractivity contribution in [1.82, 2.24) is 15.5 Å². The smallest absolute Gasteiger partial charge is 0.192 e. The molecule has 1 aromatic heterocycles. The zero-order valence-electron chi connectivity index (χ0n) is 14.2. The lowest BCUT2D eigenvalue weighted by molar-refractivity contribution is 0.143. The van der Waals surface area contributed by atoms with E-state index >= 15 is 0 Å². The van der Waals surface area contributed by atoms with Crippen LogP contribution in [0.1, 0.15) is 37.6 Å². The van der Waals surface area contributed by atoms with Gasteiger partial charge in [-0.05, 0) is 50.2 Å². The van der Waals surface area contributed by atoms with Crippen LogP contribution in [0.5, 0.6) is 0 Å². The van der Waals surface area contributed by atoms with Gasteiger partial charge in [0.25, 0.3) is 0 Å². The predicted molar refractivity (Wildman–Crippen MR) is 99.8 cm³/mol. The second kappa shape index (κ2) is 9.59. The number of likely N-dealkylation sites (tertiary alicyclic amines) is 1. The number of hydrogen-bond acceptors (Lipinski definition) is 3. The normalized spacial score (nSPS) is 18.4. The molecule has 4 nitrogen and oxygen atoms in total. The summed E-state index contributed by atoms with van der Waals surface area (Å²) in [6, 6.07) is 4.72. The van der Waals surface area contributed by atoms with Gasteiger partial charge >= 0.3 is 0 Å². The average Bonchev–Trinajstić information content (AvgIpc) is 3.08. The van der Waals surface area contributed by atoms with E-state index in [2.05, 4.69) is 52.8 Å². The summed E-state index contributed by atoms with van der Waals surface area (Å²) < 4.78 is 0. The molecule has 1 aromatic rings. The highest BCUT2D eigenvalue weighted by atomic mass is 32.1. The van der Waals surface area contributed by atoms with E-state index in [0.29, 0.717) is 12.6 Å². The van der Waals surface area contributed by atoms with E-state index in [9.17, 15) is 0 Å². The highest BCUT2D eigenvalue weighted by molar-refractivity contribution is 7.10. The molecule has 1 aliphatic rings. The van der Waals surface area contributed by atoms with Gasteiger partial charge in [-0.15, -0.1) is 17.8 Å². The molecule has 2 N–H and O–H groups in total. The number of rotatable bonds is 6. The van der Waals surface area contributed by atoms with Gasteiger partial charge in [-0.25, -0.2) is 0 Å². The van der Waals surface area contributed by atoms with Crippen molar-refractivity contribution in [1.29, 1.82) is 0 Å². The molecule has 23 heavy (non-hydrogen) atoms. The van der Waals surface area contributed by atoms with Crippen molar-refractivity contribution < 1.29 is 0 Å². The molecule has 1 fully saturated rings. The number of aliphatic imine (C=N–C) groups is 1. The fourth-order valence-corrected chi connectivity index (χ4v) is 3.71. The van der Waals surface area contributed by atoms with Crippen molar-refractivity contribution in [3.8, 4) is 12.3 Å². The third-order valence-electron chi connectivity index (χ3n) is 4.26. The molecule has 2 heterocycles. The minimum atomic E-state index is 0.365. The second-order valence-electron chi connectivity index (χ2n) is 6.03. The van der Waals surface area contributed by atoms with Crippen LogP contribution in [0.2, 0.25) is 0 Å². The van der Waals surface area contributed by atoms with Gasteiger partial charge in [0, 0.05) is 11.4 Å². The number of hydrogen-bond donors (Lipinski definition) is 2. The van der Waals surface area contributed by atoms with Crippen molar-refractivity contribution in [2.24, 2.45) is 10.9 Å².